The maximum Gasteiger partial charge on any atom is 0.266 e. The summed E-state index contributed by atoms with van der Waals surface area (Å²) in [4.78, 5) is 14.2. The highest BCUT2D eigenvalue weighted by Gasteiger charge is 2.35. The van der Waals surface area contributed by atoms with Crippen molar-refractivity contribution in [3.05, 3.63) is 63.7 Å². The van der Waals surface area contributed by atoms with Gasteiger partial charge in [-0.3, -0.25) is 4.79 Å². The number of benzene rings is 2. The van der Waals surface area contributed by atoms with Crippen molar-refractivity contribution in [1.82, 2.24) is 5.32 Å². The van der Waals surface area contributed by atoms with E-state index in [9.17, 15) is 10.1 Å². The molecule has 2 aromatic rings. The molecule has 1 amide bonds. The number of thiol groups is 1. The summed E-state index contributed by atoms with van der Waals surface area (Å²) in [6, 6.07) is 14.2. The topological polar surface area (TPSA) is 74.6 Å². The Balaban J connectivity index is 2.21. The van der Waals surface area contributed by atoms with E-state index in [-0.39, 0.29) is 10.6 Å². The number of hydrogen-bond acceptors (Lipinski definition) is 6. The first-order valence-corrected chi connectivity index (χ1v) is 8.73. The Hall–Kier alpha value is -2.82. The van der Waals surface area contributed by atoms with E-state index in [1.165, 1.54) is 0 Å². The zero-order chi connectivity index (χ0) is 19.6. The third-order valence-corrected chi connectivity index (χ3v) is 4.84. The number of nitrogens with one attached hydrogen (secondary N) is 1. The van der Waals surface area contributed by atoms with E-state index in [1.807, 2.05) is 6.07 Å². The van der Waals surface area contributed by atoms with Gasteiger partial charge in [0.05, 0.1) is 19.2 Å². The highest BCUT2D eigenvalue weighted by atomic mass is 35.5. The summed E-state index contributed by atoms with van der Waals surface area (Å²) in [6.07, 6.45) is -0.659. The third-order valence-electron chi connectivity index (χ3n) is 4.15. The molecule has 1 heterocycles. The molecule has 27 heavy (non-hydrogen) atoms. The van der Waals surface area contributed by atoms with Crippen molar-refractivity contribution in [2.24, 2.45) is 0 Å². The molecule has 8 heteroatoms. The Kier molecular flexibility index (Phi) is 5.49. The van der Waals surface area contributed by atoms with Crippen molar-refractivity contribution in [1.29, 1.82) is 5.26 Å². The van der Waals surface area contributed by atoms with Gasteiger partial charge in [0, 0.05) is 16.3 Å². The molecule has 0 bridgehead atoms. The van der Waals surface area contributed by atoms with E-state index in [1.54, 1.807) is 61.6 Å². The van der Waals surface area contributed by atoms with Crippen molar-refractivity contribution in [2.45, 2.75) is 6.17 Å². The monoisotopic (exact) mass is 401 g/mol. The molecule has 138 valence electrons. The molecule has 1 atom stereocenters. The standard InChI is InChI=1S/C19H16ClN3O3S/c1-25-13-7-8-16(26-2)14(9-13)17-22-18(24)15(10-21)19(27)23(17)12-5-3-11(20)4-6-12/h3-9,17,27H,1-2H3,(H,22,24). The van der Waals surface area contributed by atoms with Gasteiger partial charge in [-0.25, -0.2) is 0 Å². The zero-order valence-corrected chi connectivity index (χ0v) is 16.2. The number of rotatable bonds is 4. The fraction of sp³-hybridized carbons (Fsp3) is 0.158. The Morgan fingerprint density at radius 1 is 1.19 bits per heavy atom. The Morgan fingerprint density at radius 3 is 2.48 bits per heavy atom. The number of nitrogens with zero attached hydrogens (tertiary/aromatic N) is 2. The number of hydrogen-bond donors (Lipinski definition) is 2. The summed E-state index contributed by atoms with van der Waals surface area (Å²) in [6.45, 7) is 0. The van der Waals surface area contributed by atoms with Crippen LogP contribution < -0.4 is 19.7 Å². The van der Waals surface area contributed by atoms with E-state index >= 15 is 0 Å². The number of anilines is 1. The van der Waals surface area contributed by atoms with Crippen molar-refractivity contribution in [2.75, 3.05) is 19.1 Å². The Bertz CT molecular complexity index is 954. The molecule has 0 aromatic heterocycles. The molecule has 0 saturated carbocycles. The van der Waals surface area contributed by atoms with Gasteiger partial charge >= 0.3 is 0 Å². The third kappa shape index (κ3) is 3.54. The minimum Gasteiger partial charge on any atom is -0.497 e. The first-order chi connectivity index (χ1) is 13.0. The van der Waals surface area contributed by atoms with Crippen LogP contribution >= 0.6 is 24.2 Å². The Labute approximate surface area is 167 Å². The summed E-state index contributed by atoms with van der Waals surface area (Å²) in [5.74, 6) is 0.649. The van der Waals surface area contributed by atoms with Gasteiger partial charge in [0.15, 0.2) is 0 Å². The first kappa shape index (κ1) is 19.0. The van der Waals surface area contributed by atoms with Crippen LogP contribution in [0.2, 0.25) is 5.02 Å². The number of carbonyl (C=O) groups excluding carboxylic acids is 1. The van der Waals surface area contributed by atoms with Crippen molar-refractivity contribution in [3.8, 4) is 17.6 Å². The molecule has 1 aliphatic heterocycles. The highest BCUT2D eigenvalue weighted by Crippen LogP contribution is 2.40. The summed E-state index contributed by atoms with van der Waals surface area (Å²) in [5.41, 5.74) is 1.28. The molecule has 3 rings (SSSR count). The highest BCUT2D eigenvalue weighted by molar-refractivity contribution is 7.84. The van der Waals surface area contributed by atoms with Crippen molar-refractivity contribution >= 4 is 35.8 Å². The van der Waals surface area contributed by atoms with E-state index in [2.05, 4.69) is 17.9 Å². The quantitative estimate of drug-likeness (QED) is 0.765. The van der Waals surface area contributed by atoms with Gasteiger partial charge in [-0.2, -0.15) is 5.26 Å². The van der Waals surface area contributed by atoms with Crippen LogP contribution in [-0.4, -0.2) is 20.1 Å². The molecule has 1 aliphatic rings. The lowest BCUT2D eigenvalue weighted by Crippen LogP contribution is -2.46. The molecule has 2 aromatic carbocycles. The number of methoxy groups -OCH3 is 2. The summed E-state index contributed by atoms with van der Waals surface area (Å²) >= 11 is 10.5. The second kappa shape index (κ2) is 7.82. The average molecular weight is 402 g/mol. The molecule has 1 unspecified atom stereocenters. The van der Waals surface area contributed by atoms with Gasteiger partial charge in [0.2, 0.25) is 0 Å². The lowest BCUT2D eigenvalue weighted by Gasteiger charge is -2.38. The number of ether oxygens (including phenoxy) is 2. The zero-order valence-electron chi connectivity index (χ0n) is 14.6. The predicted octanol–water partition coefficient (Wildman–Crippen LogP) is 3.66. The van der Waals surface area contributed by atoms with Crippen LogP contribution in [0.5, 0.6) is 11.5 Å². The SMILES string of the molecule is COc1ccc(OC)c(C2NC(=O)C(C#N)=C(S)N2c2ccc(Cl)cc2)c1. The summed E-state index contributed by atoms with van der Waals surface area (Å²) < 4.78 is 10.8. The number of amides is 1. The number of nitriles is 1. The normalized spacial score (nSPS) is 16.6. The molecular weight excluding hydrogens is 386 g/mol. The summed E-state index contributed by atoms with van der Waals surface area (Å²) in [5, 5.41) is 13.0. The minimum absolute atomic E-state index is 0.0774. The lowest BCUT2D eigenvalue weighted by molar-refractivity contribution is -0.118. The molecule has 1 N–H and O–H groups in total. The van der Waals surface area contributed by atoms with Crippen molar-refractivity contribution in [3.63, 3.8) is 0 Å². The van der Waals surface area contributed by atoms with Gasteiger partial charge in [-0.15, -0.1) is 12.6 Å². The van der Waals surface area contributed by atoms with Crippen LogP contribution in [0.1, 0.15) is 11.7 Å². The lowest BCUT2D eigenvalue weighted by atomic mass is 10.1. The van der Waals surface area contributed by atoms with E-state index in [0.29, 0.717) is 27.8 Å². The van der Waals surface area contributed by atoms with Gasteiger partial charge in [-0.1, -0.05) is 11.6 Å². The van der Waals surface area contributed by atoms with Gasteiger partial charge in [0.25, 0.3) is 5.91 Å². The first-order valence-electron chi connectivity index (χ1n) is 7.91. The maximum atomic E-state index is 12.4. The fourth-order valence-corrected chi connectivity index (χ4v) is 3.36. The van der Waals surface area contributed by atoms with Gasteiger partial charge in [0.1, 0.15) is 29.3 Å². The largest absolute Gasteiger partial charge is 0.497 e. The molecule has 0 aliphatic carbocycles. The number of halogens is 1. The van der Waals surface area contributed by atoms with E-state index in [4.69, 9.17) is 21.1 Å². The fourth-order valence-electron chi connectivity index (χ4n) is 2.85. The van der Waals surface area contributed by atoms with Crippen LogP contribution in [0.3, 0.4) is 0 Å². The smallest absolute Gasteiger partial charge is 0.266 e. The van der Waals surface area contributed by atoms with E-state index in [0.717, 1.165) is 0 Å². The predicted molar refractivity (Wildman–Crippen MR) is 106 cm³/mol. The number of carbonyl (C=O) groups is 1. The van der Waals surface area contributed by atoms with Crippen LogP contribution in [0.15, 0.2) is 53.1 Å². The Morgan fingerprint density at radius 2 is 1.89 bits per heavy atom. The van der Waals surface area contributed by atoms with Crippen LogP contribution in [-0.2, 0) is 4.79 Å². The molecule has 0 spiro atoms. The van der Waals surface area contributed by atoms with Crippen molar-refractivity contribution < 1.29 is 14.3 Å². The maximum absolute atomic E-state index is 12.4. The molecule has 0 fully saturated rings. The van der Waals surface area contributed by atoms with Crippen LogP contribution in [0, 0.1) is 11.3 Å². The molecular formula is C19H16ClN3O3S. The second-order valence-corrected chi connectivity index (χ2v) is 6.50. The van der Waals surface area contributed by atoms with Crippen LogP contribution in [0.25, 0.3) is 0 Å². The molecule has 0 radical (unpaired) electrons. The van der Waals surface area contributed by atoms with E-state index < -0.39 is 12.1 Å². The van der Waals surface area contributed by atoms with Gasteiger partial charge < -0.3 is 19.7 Å². The van der Waals surface area contributed by atoms with Crippen LogP contribution in [0.4, 0.5) is 5.69 Å². The minimum atomic E-state index is -0.659. The van der Waals surface area contributed by atoms with Gasteiger partial charge in [-0.05, 0) is 42.5 Å². The average Bonchev–Trinajstić information content (AvgIpc) is 2.68. The second-order valence-electron chi connectivity index (χ2n) is 5.64. The summed E-state index contributed by atoms with van der Waals surface area (Å²) in [7, 11) is 3.10. The molecule has 6 nitrogen and oxygen atoms in total. The molecule has 0 saturated heterocycles.